The minimum Gasteiger partial charge on any atom is -0.330 e. The Balaban J connectivity index is 2.09. The molecule has 128 valence electrons. The average molecular weight is 417 g/mol. The van der Waals surface area contributed by atoms with Crippen molar-refractivity contribution in [2.24, 2.45) is 5.73 Å². The minimum absolute atomic E-state index is 0.138. The van der Waals surface area contributed by atoms with Crippen LogP contribution in [0.4, 0.5) is 5.13 Å². The molecule has 0 fully saturated rings. The normalized spacial score (nSPS) is 10.7. The van der Waals surface area contributed by atoms with Gasteiger partial charge in [-0.25, -0.2) is 4.98 Å². The molecule has 0 saturated carbocycles. The quantitative estimate of drug-likeness (QED) is 0.655. The van der Waals surface area contributed by atoms with Crippen molar-refractivity contribution in [3.8, 4) is 21.7 Å². The maximum atomic E-state index is 11.4. The predicted molar refractivity (Wildman–Crippen MR) is 106 cm³/mol. The van der Waals surface area contributed by atoms with E-state index in [0.717, 1.165) is 38.2 Å². The number of anilines is 1. The molecule has 0 aliphatic heterocycles. The van der Waals surface area contributed by atoms with Crippen molar-refractivity contribution in [2.75, 3.05) is 11.9 Å². The first kappa shape index (κ1) is 17.7. The Kier molecular flexibility index (Phi) is 5.57. The molecular formula is C18H17BrN4OS. The molecular weight excluding hydrogens is 400 g/mol. The lowest BCUT2D eigenvalue weighted by molar-refractivity contribution is -0.114. The molecule has 0 saturated heterocycles. The molecule has 0 radical (unpaired) electrons. The fourth-order valence-electron chi connectivity index (χ4n) is 2.47. The third-order valence-corrected chi connectivity index (χ3v) is 5.35. The summed E-state index contributed by atoms with van der Waals surface area (Å²) in [6.07, 6.45) is 4.31. The number of thiazole rings is 1. The van der Waals surface area contributed by atoms with Crippen molar-refractivity contribution in [1.82, 2.24) is 9.97 Å². The lowest BCUT2D eigenvalue weighted by Crippen LogP contribution is -2.05. The van der Waals surface area contributed by atoms with Gasteiger partial charge in [-0.05, 0) is 42.3 Å². The van der Waals surface area contributed by atoms with Gasteiger partial charge >= 0.3 is 0 Å². The van der Waals surface area contributed by atoms with Crippen molar-refractivity contribution in [2.45, 2.75) is 13.3 Å². The Bertz CT molecular complexity index is 895. The standard InChI is InChI=1S/C18H17BrN4OS/c1-11(24)22-18-23-16(17(25-18)13-5-8-21-9-6-13)14-3-2-12(4-7-20)15(19)10-14/h2-3,5-6,8-10H,4,7,20H2,1H3,(H,22,23,24). The highest BCUT2D eigenvalue weighted by atomic mass is 79.9. The molecule has 0 spiro atoms. The molecule has 25 heavy (non-hydrogen) atoms. The molecule has 1 amide bonds. The molecule has 3 aromatic rings. The van der Waals surface area contributed by atoms with Crippen LogP contribution in [0, 0.1) is 0 Å². The average Bonchev–Trinajstić information content (AvgIpc) is 3.01. The topological polar surface area (TPSA) is 80.9 Å². The van der Waals surface area contributed by atoms with Crippen LogP contribution in [0.2, 0.25) is 0 Å². The van der Waals surface area contributed by atoms with Crippen LogP contribution < -0.4 is 11.1 Å². The molecule has 0 aliphatic carbocycles. The lowest BCUT2D eigenvalue weighted by atomic mass is 10.0. The van der Waals surface area contributed by atoms with Gasteiger partial charge in [-0.1, -0.05) is 39.4 Å². The zero-order valence-electron chi connectivity index (χ0n) is 13.6. The first-order chi connectivity index (χ1) is 12.1. The van der Waals surface area contributed by atoms with E-state index in [0.29, 0.717) is 11.7 Å². The van der Waals surface area contributed by atoms with Crippen molar-refractivity contribution >= 4 is 38.3 Å². The van der Waals surface area contributed by atoms with Crippen LogP contribution in [0.3, 0.4) is 0 Å². The van der Waals surface area contributed by atoms with E-state index in [2.05, 4.69) is 37.3 Å². The van der Waals surface area contributed by atoms with Crippen molar-refractivity contribution < 1.29 is 4.79 Å². The van der Waals surface area contributed by atoms with Crippen molar-refractivity contribution in [1.29, 1.82) is 0 Å². The largest absolute Gasteiger partial charge is 0.330 e. The number of amides is 1. The molecule has 0 bridgehead atoms. The molecule has 0 atom stereocenters. The predicted octanol–water partition coefficient (Wildman–Crippen LogP) is 4.09. The van der Waals surface area contributed by atoms with Gasteiger partial charge in [-0.2, -0.15) is 0 Å². The summed E-state index contributed by atoms with van der Waals surface area (Å²) in [4.78, 5) is 21.1. The van der Waals surface area contributed by atoms with Crippen LogP contribution in [-0.4, -0.2) is 22.4 Å². The number of halogens is 1. The van der Waals surface area contributed by atoms with Gasteiger partial charge in [-0.15, -0.1) is 0 Å². The SMILES string of the molecule is CC(=O)Nc1nc(-c2ccc(CCN)c(Br)c2)c(-c2ccncc2)s1. The van der Waals surface area contributed by atoms with E-state index >= 15 is 0 Å². The summed E-state index contributed by atoms with van der Waals surface area (Å²) < 4.78 is 1.00. The Morgan fingerprint density at radius 3 is 2.64 bits per heavy atom. The van der Waals surface area contributed by atoms with Crippen LogP contribution in [-0.2, 0) is 11.2 Å². The second kappa shape index (κ2) is 7.86. The van der Waals surface area contributed by atoms with E-state index in [4.69, 9.17) is 5.73 Å². The lowest BCUT2D eigenvalue weighted by Gasteiger charge is -2.07. The summed E-state index contributed by atoms with van der Waals surface area (Å²) in [5.74, 6) is -0.138. The van der Waals surface area contributed by atoms with E-state index < -0.39 is 0 Å². The monoisotopic (exact) mass is 416 g/mol. The molecule has 0 aliphatic rings. The van der Waals surface area contributed by atoms with E-state index in [1.54, 1.807) is 12.4 Å². The Hall–Kier alpha value is -2.09. The first-order valence-corrected chi connectivity index (χ1v) is 9.37. The van der Waals surface area contributed by atoms with Crippen LogP contribution in [0.25, 0.3) is 21.7 Å². The summed E-state index contributed by atoms with van der Waals surface area (Å²) in [6.45, 7) is 2.08. The van der Waals surface area contributed by atoms with E-state index in [1.165, 1.54) is 18.3 Å². The Labute approximate surface area is 158 Å². The number of nitrogens with one attached hydrogen (secondary N) is 1. The summed E-state index contributed by atoms with van der Waals surface area (Å²) in [5.41, 5.74) is 9.64. The van der Waals surface area contributed by atoms with Gasteiger partial charge in [0.2, 0.25) is 5.91 Å². The third kappa shape index (κ3) is 4.12. The summed E-state index contributed by atoms with van der Waals surface area (Å²) in [7, 11) is 0. The zero-order valence-corrected chi connectivity index (χ0v) is 16.0. The van der Waals surface area contributed by atoms with Crippen molar-refractivity contribution in [3.63, 3.8) is 0 Å². The smallest absolute Gasteiger partial charge is 0.223 e. The molecule has 0 unspecified atom stereocenters. The summed E-state index contributed by atoms with van der Waals surface area (Å²) in [6, 6.07) is 10.0. The maximum absolute atomic E-state index is 11.4. The molecule has 5 nitrogen and oxygen atoms in total. The Morgan fingerprint density at radius 1 is 1.24 bits per heavy atom. The van der Waals surface area contributed by atoms with Crippen LogP contribution in [0.15, 0.2) is 47.2 Å². The summed E-state index contributed by atoms with van der Waals surface area (Å²) >= 11 is 5.06. The second-order valence-electron chi connectivity index (χ2n) is 5.46. The molecule has 1 aromatic carbocycles. The van der Waals surface area contributed by atoms with Crippen LogP contribution >= 0.6 is 27.3 Å². The first-order valence-electron chi connectivity index (χ1n) is 7.76. The number of hydrogen-bond acceptors (Lipinski definition) is 5. The van der Waals surface area contributed by atoms with Gasteiger partial charge in [0, 0.05) is 29.4 Å². The highest BCUT2D eigenvalue weighted by molar-refractivity contribution is 9.10. The van der Waals surface area contributed by atoms with Gasteiger partial charge in [-0.3, -0.25) is 9.78 Å². The van der Waals surface area contributed by atoms with Gasteiger partial charge in [0.05, 0.1) is 10.6 Å². The fraction of sp³-hybridized carbons (Fsp3) is 0.167. The molecule has 2 aromatic heterocycles. The molecule has 2 heterocycles. The third-order valence-electron chi connectivity index (χ3n) is 3.59. The number of aromatic nitrogens is 2. The fourth-order valence-corrected chi connectivity index (χ4v) is 4.09. The van der Waals surface area contributed by atoms with Gasteiger partial charge < -0.3 is 11.1 Å². The number of carbonyl (C=O) groups is 1. The molecule has 7 heteroatoms. The Morgan fingerprint density at radius 2 is 2.00 bits per heavy atom. The molecule has 3 N–H and O–H groups in total. The van der Waals surface area contributed by atoms with Gasteiger partial charge in [0.1, 0.15) is 0 Å². The number of carbonyl (C=O) groups excluding carboxylic acids is 1. The highest BCUT2D eigenvalue weighted by Gasteiger charge is 2.16. The molecule has 3 rings (SSSR count). The maximum Gasteiger partial charge on any atom is 0.223 e. The van der Waals surface area contributed by atoms with E-state index in [9.17, 15) is 4.79 Å². The highest BCUT2D eigenvalue weighted by Crippen LogP contribution is 2.39. The number of nitrogens with zero attached hydrogens (tertiary/aromatic N) is 2. The van der Waals surface area contributed by atoms with E-state index in [-0.39, 0.29) is 5.91 Å². The van der Waals surface area contributed by atoms with Crippen LogP contribution in [0.1, 0.15) is 12.5 Å². The van der Waals surface area contributed by atoms with Gasteiger partial charge in [0.15, 0.2) is 5.13 Å². The summed E-state index contributed by atoms with van der Waals surface area (Å²) in [5, 5.41) is 3.36. The van der Waals surface area contributed by atoms with Crippen molar-refractivity contribution in [3.05, 3.63) is 52.8 Å². The number of hydrogen-bond donors (Lipinski definition) is 2. The van der Waals surface area contributed by atoms with Gasteiger partial charge in [0.25, 0.3) is 0 Å². The number of benzene rings is 1. The second-order valence-corrected chi connectivity index (χ2v) is 7.31. The number of nitrogens with two attached hydrogens (primary N) is 1. The number of rotatable bonds is 5. The van der Waals surface area contributed by atoms with Crippen LogP contribution in [0.5, 0.6) is 0 Å². The van der Waals surface area contributed by atoms with E-state index in [1.807, 2.05) is 24.3 Å². The minimum atomic E-state index is -0.138. The number of pyridine rings is 1. The zero-order chi connectivity index (χ0) is 17.8.